The molecular formula is C21H30N6O5S. The van der Waals surface area contributed by atoms with E-state index in [1.54, 1.807) is 0 Å². The lowest BCUT2D eigenvalue weighted by atomic mass is 9.93. The highest BCUT2D eigenvalue weighted by atomic mass is 32.2. The number of aromatic nitrogens is 2. The van der Waals surface area contributed by atoms with Crippen LogP contribution in [0.25, 0.3) is 0 Å². The van der Waals surface area contributed by atoms with Crippen LogP contribution in [-0.2, 0) is 16.4 Å². The number of nitrogens with two attached hydrogens (primary N) is 1. The van der Waals surface area contributed by atoms with Gasteiger partial charge in [-0.05, 0) is 51.3 Å². The minimum Gasteiger partial charge on any atom is -0.495 e. The van der Waals surface area contributed by atoms with Crippen molar-refractivity contribution in [2.45, 2.75) is 56.1 Å². The van der Waals surface area contributed by atoms with E-state index in [-0.39, 0.29) is 34.3 Å². The zero-order chi connectivity index (χ0) is 24.2. The summed E-state index contributed by atoms with van der Waals surface area (Å²) in [6.07, 6.45) is 3.27. The molecule has 11 nitrogen and oxygen atoms in total. The van der Waals surface area contributed by atoms with Crippen molar-refractivity contribution in [3.63, 3.8) is 0 Å². The third-order valence-corrected chi connectivity index (χ3v) is 7.01. The Labute approximate surface area is 193 Å². The van der Waals surface area contributed by atoms with Gasteiger partial charge in [0, 0.05) is 17.8 Å². The van der Waals surface area contributed by atoms with E-state index in [0.29, 0.717) is 36.5 Å². The molecule has 2 aromatic rings. The molecule has 1 fully saturated rings. The molecule has 180 valence electrons. The molecule has 0 aliphatic heterocycles. The molecule has 1 aliphatic carbocycles. The highest BCUT2D eigenvalue weighted by Crippen LogP contribution is 2.30. The first-order valence-electron chi connectivity index (χ1n) is 10.7. The van der Waals surface area contributed by atoms with Gasteiger partial charge in [0.05, 0.1) is 18.9 Å². The number of nitrogens with zero attached hydrogens (tertiary/aromatic N) is 2. The maximum Gasteiger partial charge on any atom is 0.271 e. The predicted octanol–water partition coefficient (Wildman–Crippen LogP) is 1.51. The van der Waals surface area contributed by atoms with Crippen LogP contribution in [0, 0.1) is 0 Å². The monoisotopic (exact) mass is 478 g/mol. The van der Waals surface area contributed by atoms with Crippen molar-refractivity contribution < 1.29 is 23.1 Å². The molecule has 1 amide bonds. The summed E-state index contributed by atoms with van der Waals surface area (Å²) in [6, 6.07) is 4.53. The number of nitrogens with one attached hydrogen (secondary N) is 3. The molecule has 0 atom stereocenters. The highest BCUT2D eigenvalue weighted by molar-refractivity contribution is 7.89. The molecule has 1 aliphatic rings. The number of primary amides is 1. The molecule has 1 aromatic carbocycles. The molecule has 3 rings (SSSR count). The largest absolute Gasteiger partial charge is 0.495 e. The van der Waals surface area contributed by atoms with E-state index in [2.05, 4.69) is 25.3 Å². The number of methoxy groups -OCH3 is 1. The summed E-state index contributed by atoms with van der Waals surface area (Å²) in [7, 11) is -1.05. The van der Waals surface area contributed by atoms with Crippen LogP contribution >= 0.6 is 0 Å². The van der Waals surface area contributed by atoms with Crippen LogP contribution in [-0.4, -0.2) is 55.7 Å². The summed E-state index contributed by atoms with van der Waals surface area (Å²) in [6.45, 7) is 1.91. The van der Waals surface area contributed by atoms with Crippen LogP contribution in [0.4, 0.5) is 17.3 Å². The van der Waals surface area contributed by atoms with Gasteiger partial charge in [0.1, 0.15) is 16.5 Å². The van der Waals surface area contributed by atoms with Gasteiger partial charge in [0.15, 0.2) is 11.5 Å². The van der Waals surface area contributed by atoms with Crippen LogP contribution in [0.3, 0.4) is 0 Å². The van der Waals surface area contributed by atoms with Crippen LogP contribution in [0.5, 0.6) is 5.75 Å². The second-order valence-electron chi connectivity index (χ2n) is 7.78. The number of carbonyl (C=O) groups is 1. The molecule has 0 unspecified atom stereocenters. The van der Waals surface area contributed by atoms with Crippen molar-refractivity contribution in [1.29, 1.82) is 0 Å². The fourth-order valence-corrected chi connectivity index (χ4v) is 4.59. The van der Waals surface area contributed by atoms with Gasteiger partial charge in [-0.15, -0.1) is 0 Å². The summed E-state index contributed by atoms with van der Waals surface area (Å²) in [5, 5.41) is 16.2. The van der Waals surface area contributed by atoms with Crippen LogP contribution in [0.2, 0.25) is 0 Å². The van der Waals surface area contributed by atoms with Gasteiger partial charge in [-0.25, -0.2) is 23.1 Å². The molecule has 1 aromatic heterocycles. The number of benzene rings is 1. The van der Waals surface area contributed by atoms with Crippen molar-refractivity contribution in [3.8, 4) is 5.75 Å². The predicted molar refractivity (Wildman–Crippen MR) is 124 cm³/mol. The Morgan fingerprint density at radius 1 is 1.21 bits per heavy atom. The minimum atomic E-state index is -3.72. The average Bonchev–Trinajstić information content (AvgIpc) is 2.80. The Hall–Kier alpha value is -2.96. The lowest BCUT2D eigenvalue weighted by molar-refractivity contribution is 0.0996. The van der Waals surface area contributed by atoms with E-state index in [9.17, 15) is 18.3 Å². The van der Waals surface area contributed by atoms with Gasteiger partial charge in [0.2, 0.25) is 10.0 Å². The normalized spacial score (nSPS) is 18.5. The number of ether oxygens (including phenoxy) is 1. The zero-order valence-corrected chi connectivity index (χ0v) is 19.7. The summed E-state index contributed by atoms with van der Waals surface area (Å²) >= 11 is 0. The molecule has 0 radical (unpaired) electrons. The molecule has 12 heteroatoms. The molecule has 1 heterocycles. The van der Waals surface area contributed by atoms with Gasteiger partial charge in [-0.1, -0.05) is 6.92 Å². The second-order valence-corrected chi connectivity index (χ2v) is 9.64. The summed E-state index contributed by atoms with van der Waals surface area (Å²) < 4.78 is 31.9. The van der Waals surface area contributed by atoms with E-state index in [4.69, 9.17) is 10.5 Å². The number of rotatable bonds is 9. The first-order valence-corrected chi connectivity index (χ1v) is 12.2. The van der Waals surface area contributed by atoms with Gasteiger partial charge in [-0.3, -0.25) is 4.79 Å². The zero-order valence-electron chi connectivity index (χ0n) is 18.9. The van der Waals surface area contributed by atoms with E-state index in [0.717, 1.165) is 12.8 Å². The Kier molecular flexibility index (Phi) is 7.72. The van der Waals surface area contributed by atoms with Crippen molar-refractivity contribution >= 4 is 33.3 Å². The summed E-state index contributed by atoms with van der Waals surface area (Å²) in [5.41, 5.74) is 6.57. The maximum atomic E-state index is 12.2. The molecule has 0 bridgehead atoms. The van der Waals surface area contributed by atoms with E-state index >= 15 is 0 Å². The minimum absolute atomic E-state index is 0.0255. The Balaban J connectivity index is 1.96. The van der Waals surface area contributed by atoms with Gasteiger partial charge in [0.25, 0.3) is 5.91 Å². The fourth-order valence-electron chi connectivity index (χ4n) is 3.72. The van der Waals surface area contributed by atoms with Gasteiger partial charge in [-0.2, -0.15) is 0 Å². The molecule has 6 N–H and O–H groups in total. The summed E-state index contributed by atoms with van der Waals surface area (Å²) in [4.78, 5) is 21.1. The Morgan fingerprint density at radius 3 is 2.48 bits per heavy atom. The SMILES string of the molecule is CCc1nc(C(N)=O)c(Nc2ccc(S(=O)(=O)NC)c(OC)c2)nc1NC1CCC(O)CC1. The van der Waals surface area contributed by atoms with Gasteiger partial charge < -0.3 is 26.2 Å². The van der Waals surface area contributed by atoms with Crippen LogP contribution < -0.4 is 25.8 Å². The Morgan fingerprint density at radius 2 is 1.91 bits per heavy atom. The van der Waals surface area contributed by atoms with Crippen molar-refractivity contribution in [2.24, 2.45) is 5.73 Å². The molecule has 33 heavy (non-hydrogen) atoms. The number of aryl methyl sites for hydroxylation is 1. The van der Waals surface area contributed by atoms with Crippen molar-refractivity contribution in [1.82, 2.24) is 14.7 Å². The van der Waals surface area contributed by atoms with Crippen LogP contribution in [0.15, 0.2) is 23.1 Å². The first-order chi connectivity index (χ1) is 15.7. The second kappa shape index (κ2) is 10.3. The van der Waals surface area contributed by atoms with Gasteiger partial charge >= 0.3 is 0 Å². The third kappa shape index (κ3) is 5.70. The van der Waals surface area contributed by atoms with E-state index in [1.165, 1.54) is 32.4 Å². The third-order valence-electron chi connectivity index (χ3n) is 5.56. The summed E-state index contributed by atoms with van der Waals surface area (Å²) in [5.74, 6) is 0.0534. The van der Waals surface area contributed by atoms with E-state index < -0.39 is 15.9 Å². The number of hydrogen-bond acceptors (Lipinski definition) is 9. The number of carbonyl (C=O) groups excluding carboxylic acids is 1. The lowest BCUT2D eigenvalue weighted by Gasteiger charge is -2.27. The number of sulfonamides is 1. The molecular weight excluding hydrogens is 448 g/mol. The number of amides is 1. The standard InChI is InChI=1S/C21H30N6O5S/c1-4-15-20(24-12-5-8-14(28)9-6-12)27-21(18(26-15)19(22)29)25-13-7-10-17(16(11-13)32-3)33(30,31)23-2/h7,10-12,14,23,28H,4-6,8-9H2,1-3H3,(H2,22,29)(H2,24,25,27). The number of aliphatic hydroxyl groups excluding tert-OH is 1. The molecule has 1 saturated carbocycles. The van der Waals surface area contributed by atoms with Crippen molar-refractivity contribution in [3.05, 3.63) is 29.6 Å². The fraction of sp³-hybridized carbons (Fsp3) is 0.476. The smallest absolute Gasteiger partial charge is 0.271 e. The van der Waals surface area contributed by atoms with Crippen LogP contribution in [0.1, 0.15) is 48.8 Å². The highest BCUT2D eigenvalue weighted by Gasteiger charge is 2.23. The number of anilines is 3. The molecule has 0 saturated heterocycles. The first kappa shape index (κ1) is 24.7. The lowest BCUT2D eigenvalue weighted by Crippen LogP contribution is -2.29. The van der Waals surface area contributed by atoms with Crippen molar-refractivity contribution in [2.75, 3.05) is 24.8 Å². The number of aliphatic hydroxyl groups is 1. The Bertz CT molecular complexity index is 1120. The average molecular weight is 479 g/mol. The molecule has 0 spiro atoms. The van der Waals surface area contributed by atoms with E-state index in [1.807, 2.05) is 6.92 Å². The topological polar surface area (TPSA) is 169 Å². The quantitative estimate of drug-likeness (QED) is 0.359. The maximum absolute atomic E-state index is 12.2. The number of hydrogen-bond donors (Lipinski definition) is 5.